The first-order valence-corrected chi connectivity index (χ1v) is 13.0. The molecule has 0 saturated carbocycles. The fraction of sp³-hybridized carbons (Fsp3) is 0.258. The molecule has 1 atom stereocenters. The van der Waals surface area contributed by atoms with E-state index in [-0.39, 0.29) is 12.2 Å². The van der Waals surface area contributed by atoms with E-state index in [2.05, 4.69) is 9.97 Å². The standard InChI is InChI=1S/C31H27F3N2O5/c1-19-24(36-29(39-19)21-7-4-3-5-8-21)9-6-10-28-35-25-17-20(11-16-26(25)41-28)18-27(30(37)38-2)40-23-14-12-22(13-15-23)31(32,33)34/h3-5,7-8,11-17,27H,6,9-10,18H2,1-2H3/t27-/m1/s1. The van der Waals surface area contributed by atoms with Crippen molar-refractivity contribution in [3.63, 3.8) is 0 Å². The van der Waals surface area contributed by atoms with Crippen LogP contribution in [0, 0.1) is 6.92 Å². The lowest BCUT2D eigenvalue weighted by molar-refractivity contribution is -0.148. The number of oxazole rings is 2. The van der Waals surface area contributed by atoms with E-state index in [1.54, 1.807) is 18.2 Å². The molecule has 0 radical (unpaired) electrons. The Kier molecular flexibility index (Phi) is 8.09. The normalized spacial score (nSPS) is 12.4. The fourth-order valence-electron chi connectivity index (χ4n) is 4.43. The maximum atomic E-state index is 12.9. The van der Waals surface area contributed by atoms with Gasteiger partial charge < -0.3 is 18.3 Å². The van der Waals surface area contributed by atoms with Crippen molar-refractivity contribution in [1.29, 1.82) is 0 Å². The number of methoxy groups -OCH3 is 1. The van der Waals surface area contributed by atoms with Crippen LogP contribution in [0.25, 0.3) is 22.6 Å². The summed E-state index contributed by atoms with van der Waals surface area (Å²) in [6, 6.07) is 19.2. The zero-order valence-electron chi connectivity index (χ0n) is 22.4. The van der Waals surface area contributed by atoms with Crippen molar-refractivity contribution in [2.45, 2.75) is 44.9 Å². The topological polar surface area (TPSA) is 87.6 Å². The quantitative estimate of drug-likeness (QED) is 0.167. The molecule has 0 fully saturated rings. The third-order valence-electron chi connectivity index (χ3n) is 6.56. The lowest BCUT2D eigenvalue weighted by Crippen LogP contribution is -2.30. The van der Waals surface area contributed by atoms with Gasteiger partial charge >= 0.3 is 12.1 Å². The number of benzene rings is 3. The molecule has 0 N–H and O–H groups in total. The Morgan fingerprint density at radius 2 is 1.71 bits per heavy atom. The van der Waals surface area contributed by atoms with Gasteiger partial charge in [0.2, 0.25) is 5.89 Å². The van der Waals surface area contributed by atoms with Crippen LogP contribution in [0.5, 0.6) is 5.75 Å². The van der Waals surface area contributed by atoms with Gasteiger partial charge in [0.15, 0.2) is 17.6 Å². The zero-order chi connectivity index (χ0) is 29.0. The first-order chi connectivity index (χ1) is 19.7. The Labute approximate surface area is 233 Å². The molecule has 0 amide bonds. The smallest absolute Gasteiger partial charge is 0.416 e. The molecular formula is C31H27F3N2O5. The molecule has 7 nitrogen and oxygen atoms in total. The molecule has 0 aliphatic rings. The molecule has 0 bridgehead atoms. The largest absolute Gasteiger partial charge is 0.478 e. The van der Waals surface area contributed by atoms with E-state index in [1.807, 2.05) is 37.3 Å². The highest BCUT2D eigenvalue weighted by Gasteiger charge is 2.30. The van der Waals surface area contributed by atoms with Gasteiger partial charge in [0.1, 0.15) is 17.0 Å². The second-order valence-corrected chi connectivity index (χ2v) is 9.51. The van der Waals surface area contributed by atoms with Gasteiger partial charge in [-0.15, -0.1) is 0 Å². The highest BCUT2D eigenvalue weighted by molar-refractivity contribution is 5.77. The van der Waals surface area contributed by atoms with Crippen molar-refractivity contribution in [3.05, 3.63) is 101 Å². The molecule has 2 heterocycles. The summed E-state index contributed by atoms with van der Waals surface area (Å²) >= 11 is 0. The second kappa shape index (κ2) is 11.9. The van der Waals surface area contributed by atoms with E-state index in [1.165, 1.54) is 19.2 Å². The van der Waals surface area contributed by atoms with Crippen LogP contribution in [0.2, 0.25) is 0 Å². The van der Waals surface area contributed by atoms with Crippen LogP contribution in [0.1, 0.15) is 34.9 Å². The van der Waals surface area contributed by atoms with Crippen LogP contribution in [0.15, 0.2) is 81.6 Å². The number of carbonyl (C=O) groups is 1. The summed E-state index contributed by atoms with van der Waals surface area (Å²) in [5.41, 5.74) is 2.97. The van der Waals surface area contributed by atoms with E-state index in [4.69, 9.17) is 18.3 Å². The minimum absolute atomic E-state index is 0.122. The molecule has 212 valence electrons. The number of fused-ring (bicyclic) bond motifs is 1. The van der Waals surface area contributed by atoms with Gasteiger partial charge in [0, 0.05) is 18.4 Å². The number of halogens is 3. The van der Waals surface area contributed by atoms with Gasteiger partial charge in [-0.25, -0.2) is 14.8 Å². The first-order valence-electron chi connectivity index (χ1n) is 13.0. The molecule has 0 spiro atoms. The molecule has 2 aromatic heterocycles. The van der Waals surface area contributed by atoms with E-state index in [0.29, 0.717) is 35.7 Å². The number of esters is 1. The third kappa shape index (κ3) is 6.77. The molecule has 0 saturated heterocycles. The van der Waals surface area contributed by atoms with E-state index in [0.717, 1.165) is 41.1 Å². The monoisotopic (exact) mass is 564 g/mol. The van der Waals surface area contributed by atoms with Crippen molar-refractivity contribution in [3.8, 4) is 17.2 Å². The van der Waals surface area contributed by atoms with Gasteiger partial charge in [-0.1, -0.05) is 24.3 Å². The summed E-state index contributed by atoms with van der Waals surface area (Å²) in [4.78, 5) is 21.6. The Morgan fingerprint density at radius 3 is 2.41 bits per heavy atom. The fourth-order valence-corrected chi connectivity index (χ4v) is 4.43. The van der Waals surface area contributed by atoms with Crippen LogP contribution in [0.4, 0.5) is 13.2 Å². The van der Waals surface area contributed by atoms with Crippen LogP contribution in [-0.2, 0) is 35.0 Å². The van der Waals surface area contributed by atoms with Crippen molar-refractivity contribution >= 4 is 17.1 Å². The SMILES string of the molecule is COC(=O)[C@@H](Cc1ccc2oc(CCCc3nc(-c4ccccc4)oc3C)nc2c1)Oc1ccc(C(F)(F)F)cc1. The maximum Gasteiger partial charge on any atom is 0.416 e. The minimum atomic E-state index is -4.47. The lowest BCUT2D eigenvalue weighted by Gasteiger charge is -2.17. The van der Waals surface area contributed by atoms with Crippen molar-refractivity contribution < 1.29 is 36.3 Å². The van der Waals surface area contributed by atoms with Gasteiger partial charge in [-0.3, -0.25) is 0 Å². The van der Waals surface area contributed by atoms with Crippen LogP contribution < -0.4 is 4.74 Å². The molecule has 0 aliphatic heterocycles. The average Bonchev–Trinajstić information content (AvgIpc) is 3.55. The Balaban J connectivity index is 1.22. The molecule has 3 aromatic carbocycles. The van der Waals surface area contributed by atoms with Gasteiger partial charge in [0.25, 0.3) is 0 Å². The number of aromatic nitrogens is 2. The predicted molar refractivity (Wildman–Crippen MR) is 144 cm³/mol. The zero-order valence-corrected chi connectivity index (χ0v) is 22.4. The van der Waals surface area contributed by atoms with Gasteiger partial charge in [0.05, 0.1) is 18.4 Å². The first kappa shape index (κ1) is 27.9. The number of aryl methyl sites for hydroxylation is 3. The van der Waals surface area contributed by atoms with E-state index >= 15 is 0 Å². The van der Waals surface area contributed by atoms with E-state index in [9.17, 15) is 18.0 Å². The summed E-state index contributed by atoms with van der Waals surface area (Å²) < 4.78 is 60.9. The van der Waals surface area contributed by atoms with E-state index < -0.39 is 23.8 Å². The van der Waals surface area contributed by atoms with Gasteiger partial charge in [-0.2, -0.15) is 13.2 Å². The summed E-state index contributed by atoms with van der Waals surface area (Å²) in [7, 11) is 1.22. The molecule has 41 heavy (non-hydrogen) atoms. The summed E-state index contributed by atoms with van der Waals surface area (Å²) in [6.07, 6.45) is -3.35. The molecule has 0 aliphatic carbocycles. The van der Waals surface area contributed by atoms with Crippen molar-refractivity contribution in [2.24, 2.45) is 0 Å². The number of rotatable bonds is 10. The average molecular weight is 565 g/mol. The third-order valence-corrected chi connectivity index (χ3v) is 6.56. The number of carbonyl (C=O) groups excluding carboxylic acids is 1. The van der Waals surface area contributed by atoms with Crippen molar-refractivity contribution in [2.75, 3.05) is 7.11 Å². The lowest BCUT2D eigenvalue weighted by atomic mass is 10.1. The molecular weight excluding hydrogens is 537 g/mol. The van der Waals surface area contributed by atoms with Gasteiger partial charge in [-0.05, 0) is 73.9 Å². The number of hydrogen-bond donors (Lipinski definition) is 0. The van der Waals surface area contributed by atoms with Crippen LogP contribution in [0.3, 0.4) is 0 Å². The molecule has 5 rings (SSSR count). The Hall–Kier alpha value is -4.60. The number of ether oxygens (including phenoxy) is 2. The molecule has 10 heteroatoms. The van der Waals surface area contributed by atoms with Crippen LogP contribution in [-0.4, -0.2) is 29.2 Å². The number of nitrogens with zero attached hydrogens (tertiary/aromatic N) is 2. The van der Waals surface area contributed by atoms with Crippen LogP contribution >= 0.6 is 0 Å². The Bertz CT molecular complexity index is 1630. The highest BCUT2D eigenvalue weighted by Crippen LogP contribution is 2.31. The molecule has 5 aromatic rings. The summed E-state index contributed by atoms with van der Waals surface area (Å²) in [5, 5.41) is 0. The summed E-state index contributed by atoms with van der Waals surface area (Å²) in [6.45, 7) is 1.90. The minimum Gasteiger partial charge on any atom is -0.478 e. The molecule has 0 unspecified atom stereocenters. The van der Waals surface area contributed by atoms with Crippen molar-refractivity contribution in [1.82, 2.24) is 9.97 Å². The highest BCUT2D eigenvalue weighted by atomic mass is 19.4. The maximum absolute atomic E-state index is 12.9. The second-order valence-electron chi connectivity index (χ2n) is 9.51. The number of hydrogen-bond acceptors (Lipinski definition) is 7. The summed E-state index contributed by atoms with van der Waals surface area (Å²) in [5.74, 6) is 1.43. The number of alkyl halides is 3. The predicted octanol–water partition coefficient (Wildman–Crippen LogP) is 7.15. The Morgan fingerprint density at radius 1 is 0.951 bits per heavy atom.